The lowest BCUT2D eigenvalue weighted by Crippen LogP contribution is -1.77. The summed E-state index contributed by atoms with van der Waals surface area (Å²) in [6.07, 6.45) is 1.14. The van der Waals surface area contributed by atoms with Crippen LogP contribution in [0.4, 0.5) is 0 Å². The highest BCUT2D eigenvalue weighted by Crippen LogP contribution is 2.02. The number of aryl methyl sites for hydroxylation is 2. The van der Waals surface area contributed by atoms with Gasteiger partial charge in [-0.1, -0.05) is 66.5 Å². The average Bonchev–Trinajstić information content (AvgIpc) is 1.90. The molecular formula is C13H28. The van der Waals surface area contributed by atoms with Crippen LogP contribution in [0, 0.1) is 6.92 Å². The van der Waals surface area contributed by atoms with Crippen LogP contribution >= 0.6 is 0 Å². The molecule has 1 aromatic rings. The van der Waals surface area contributed by atoms with Gasteiger partial charge < -0.3 is 0 Å². The predicted molar refractivity (Wildman–Crippen MR) is 67.5 cm³/mol. The molecule has 0 heterocycles. The Morgan fingerprint density at radius 1 is 0.846 bits per heavy atom. The van der Waals surface area contributed by atoms with Crippen LogP contribution in [0.25, 0.3) is 0 Å². The number of hydrogen-bond acceptors (Lipinski definition) is 0. The summed E-state index contributed by atoms with van der Waals surface area (Å²) in [5, 5.41) is 0. The predicted octanol–water partition coefficient (Wildman–Crippen LogP) is 5.10. The van der Waals surface area contributed by atoms with E-state index in [0.29, 0.717) is 0 Å². The molecule has 0 N–H and O–H groups in total. The van der Waals surface area contributed by atoms with Gasteiger partial charge in [0.25, 0.3) is 0 Å². The Labute approximate surface area is 86.0 Å². The second kappa shape index (κ2) is 11.2. The fourth-order valence-corrected chi connectivity index (χ4v) is 0.824. The number of hydrogen-bond donors (Lipinski definition) is 0. The first-order valence-corrected chi connectivity index (χ1v) is 3.38. The third-order valence-electron chi connectivity index (χ3n) is 1.53. The Hall–Kier alpha value is -0.780. The SMILES string of the molecule is C.C.C.C.CCc1ccc(C)cc1. The summed E-state index contributed by atoms with van der Waals surface area (Å²) in [6, 6.07) is 8.66. The molecule has 1 aromatic carbocycles. The van der Waals surface area contributed by atoms with E-state index in [2.05, 4.69) is 38.1 Å². The summed E-state index contributed by atoms with van der Waals surface area (Å²) in [5.74, 6) is 0. The highest BCUT2D eigenvalue weighted by atomic mass is 13.9. The highest BCUT2D eigenvalue weighted by Gasteiger charge is 1.84. The maximum atomic E-state index is 2.18. The lowest BCUT2D eigenvalue weighted by Gasteiger charge is -1.94. The molecule has 80 valence electrons. The fourth-order valence-electron chi connectivity index (χ4n) is 0.824. The number of benzene rings is 1. The van der Waals surface area contributed by atoms with Crippen molar-refractivity contribution >= 4 is 0 Å². The van der Waals surface area contributed by atoms with Gasteiger partial charge in [-0.05, 0) is 18.9 Å². The van der Waals surface area contributed by atoms with Crippen molar-refractivity contribution in [1.29, 1.82) is 0 Å². The molecule has 0 nitrogen and oxygen atoms in total. The second-order valence-corrected chi connectivity index (χ2v) is 2.34. The molecule has 0 radical (unpaired) electrons. The largest absolute Gasteiger partial charge is 0.0776 e. The number of rotatable bonds is 1. The van der Waals surface area contributed by atoms with Gasteiger partial charge in [0.1, 0.15) is 0 Å². The minimum absolute atomic E-state index is 0. The van der Waals surface area contributed by atoms with E-state index < -0.39 is 0 Å². The van der Waals surface area contributed by atoms with Gasteiger partial charge in [-0.2, -0.15) is 0 Å². The first-order valence-electron chi connectivity index (χ1n) is 3.38. The molecule has 0 spiro atoms. The topological polar surface area (TPSA) is 0 Å². The normalized spacial score (nSPS) is 6.62. The molecule has 0 aliphatic rings. The second-order valence-electron chi connectivity index (χ2n) is 2.34. The molecule has 0 fully saturated rings. The maximum Gasteiger partial charge on any atom is -0.0307 e. The summed E-state index contributed by atoms with van der Waals surface area (Å²) in [5.41, 5.74) is 2.76. The zero-order chi connectivity index (χ0) is 6.69. The third-order valence-corrected chi connectivity index (χ3v) is 1.53. The van der Waals surface area contributed by atoms with Crippen LogP contribution in [0.3, 0.4) is 0 Å². The molecule has 0 saturated carbocycles. The van der Waals surface area contributed by atoms with Gasteiger partial charge in [-0.15, -0.1) is 0 Å². The van der Waals surface area contributed by atoms with Gasteiger partial charge in [0.05, 0.1) is 0 Å². The molecule has 0 aromatic heterocycles. The molecule has 0 bridgehead atoms. The van der Waals surface area contributed by atoms with Crippen LogP contribution in [-0.2, 0) is 6.42 Å². The minimum atomic E-state index is 0. The first-order chi connectivity index (χ1) is 4.33. The van der Waals surface area contributed by atoms with Crippen LogP contribution in [0.15, 0.2) is 24.3 Å². The van der Waals surface area contributed by atoms with Crippen LogP contribution in [-0.4, -0.2) is 0 Å². The molecule has 0 aliphatic carbocycles. The average molecular weight is 184 g/mol. The molecule has 0 amide bonds. The van der Waals surface area contributed by atoms with Crippen molar-refractivity contribution < 1.29 is 0 Å². The van der Waals surface area contributed by atoms with Crippen molar-refractivity contribution in [2.45, 2.75) is 50.0 Å². The zero-order valence-electron chi connectivity index (χ0n) is 6.02. The molecule has 0 saturated heterocycles. The van der Waals surface area contributed by atoms with Crippen LogP contribution in [0.5, 0.6) is 0 Å². The molecular weight excluding hydrogens is 156 g/mol. The van der Waals surface area contributed by atoms with Crippen molar-refractivity contribution in [3.63, 3.8) is 0 Å². The van der Waals surface area contributed by atoms with Crippen LogP contribution in [0.2, 0.25) is 0 Å². The van der Waals surface area contributed by atoms with Crippen molar-refractivity contribution in [3.05, 3.63) is 35.4 Å². The third kappa shape index (κ3) is 7.58. The Morgan fingerprint density at radius 2 is 1.23 bits per heavy atom. The quantitative estimate of drug-likeness (QED) is 0.569. The van der Waals surface area contributed by atoms with E-state index in [4.69, 9.17) is 0 Å². The van der Waals surface area contributed by atoms with Gasteiger partial charge in [-0.25, -0.2) is 0 Å². The highest BCUT2D eigenvalue weighted by molar-refractivity contribution is 5.20. The fraction of sp³-hybridized carbons (Fsp3) is 0.538. The molecule has 0 unspecified atom stereocenters. The maximum absolute atomic E-state index is 2.18. The monoisotopic (exact) mass is 184 g/mol. The smallest absolute Gasteiger partial charge is 0.0307 e. The summed E-state index contributed by atoms with van der Waals surface area (Å²) in [6.45, 7) is 4.28. The van der Waals surface area contributed by atoms with Gasteiger partial charge in [0.2, 0.25) is 0 Å². The lowest BCUT2D eigenvalue weighted by atomic mass is 10.1. The standard InChI is InChI=1S/C9H12.4CH4/c1-3-9-6-4-8(2)5-7-9;;;;/h4-7H,3H2,1-2H3;4*1H4. The van der Waals surface area contributed by atoms with E-state index in [9.17, 15) is 0 Å². The van der Waals surface area contributed by atoms with Gasteiger partial charge >= 0.3 is 0 Å². The van der Waals surface area contributed by atoms with Crippen LogP contribution in [0.1, 0.15) is 47.8 Å². The van der Waals surface area contributed by atoms with Gasteiger partial charge in [0.15, 0.2) is 0 Å². The van der Waals surface area contributed by atoms with Crippen molar-refractivity contribution in [2.75, 3.05) is 0 Å². The Bertz CT molecular complexity index is 172. The van der Waals surface area contributed by atoms with E-state index in [1.165, 1.54) is 11.1 Å². The van der Waals surface area contributed by atoms with Crippen LogP contribution < -0.4 is 0 Å². The van der Waals surface area contributed by atoms with E-state index in [-0.39, 0.29) is 29.7 Å². The minimum Gasteiger partial charge on any atom is -0.0776 e. The molecule has 0 atom stereocenters. The van der Waals surface area contributed by atoms with Gasteiger partial charge in [-0.3, -0.25) is 0 Å². The summed E-state index contributed by atoms with van der Waals surface area (Å²) in [7, 11) is 0. The molecule has 0 aliphatic heterocycles. The Kier molecular flexibility index (Phi) is 19.7. The summed E-state index contributed by atoms with van der Waals surface area (Å²) >= 11 is 0. The van der Waals surface area contributed by atoms with E-state index in [1.807, 2.05) is 0 Å². The van der Waals surface area contributed by atoms with Gasteiger partial charge in [0, 0.05) is 0 Å². The van der Waals surface area contributed by atoms with Crippen molar-refractivity contribution in [2.24, 2.45) is 0 Å². The summed E-state index contributed by atoms with van der Waals surface area (Å²) in [4.78, 5) is 0. The first kappa shape index (κ1) is 22.8. The zero-order valence-corrected chi connectivity index (χ0v) is 6.02. The van der Waals surface area contributed by atoms with E-state index in [0.717, 1.165) is 6.42 Å². The summed E-state index contributed by atoms with van der Waals surface area (Å²) < 4.78 is 0. The Balaban J connectivity index is -0.000000101. The van der Waals surface area contributed by atoms with E-state index in [1.54, 1.807) is 0 Å². The molecule has 0 heteroatoms. The molecule has 1 rings (SSSR count). The van der Waals surface area contributed by atoms with Crippen molar-refractivity contribution in [1.82, 2.24) is 0 Å². The van der Waals surface area contributed by atoms with E-state index >= 15 is 0 Å². The lowest BCUT2D eigenvalue weighted by molar-refractivity contribution is 1.14. The Morgan fingerprint density at radius 3 is 1.54 bits per heavy atom. The molecule has 13 heavy (non-hydrogen) atoms. The van der Waals surface area contributed by atoms with Crippen molar-refractivity contribution in [3.8, 4) is 0 Å².